The molecule has 0 unspecified atom stereocenters. The first-order valence-electron chi connectivity index (χ1n) is 6.49. The van der Waals surface area contributed by atoms with Crippen LogP contribution in [0.3, 0.4) is 0 Å². The molecule has 2 nitrogen and oxygen atoms in total. The van der Waals surface area contributed by atoms with E-state index >= 15 is 0 Å². The Labute approximate surface area is 105 Å². The largest absolute Gasteiger partial charge is 0.303 e. The second-order valence-electron chi connectivity index (χ2n) is 4.48. The molecule has 1 rings (SSSR count). The zero-order valence-electron chi connectivity index (χ0n) is 11.2. The van der Waals surface area contributed by atoms with Gasteiger partial charge in [-0.15, -0.1) is 0 Å². The molecule has 0 saturated carbocycles. The third-order valence-electron chi connectivity index (χ3n) is 2.98. The SMILES string of the molecule is CCCN(CC)CCC(=O)c1cccc(C)c1. The van der Waals surface area contributed by atoms with Gasteiger partial charge in [0.25, 0.3) is 0 Å². The zero-order valence-corrected chi connectivity index (χ0v) is 11.2. The summed E-state index contributed by atoms with van der Waals surface area (Å²) in [7, 11) is 0. The van der Waals surface area contributed by atoms with Crippen LogP contribution in [0.15, 0.2) is 24.3 Å². The Morgan fingerprint density at radius 2 is 2.00 bits per heavy atom. The van der Waals surface area contributed by atoms with Crippen LogP contribution in [-0.4, -0.2) is 30.3 Å². The Morgan fingerprint density at radius 3 is 2.59 bits per heavy atom. The van der Waals surface area contributed by atoms with Gasteiger partial charge < -0.3 is 4.90 Å². The van der Waals surface area contributed by atoms with E-state index in [0.29, 0.717) is 6.42 Å². The topological polar surface area (TPSA) is 20.3 Å². The number of hydrogen-bond acceptors (Lipinski definition) is 2. The maximum Gasteiger partial charge on any atom is 0.164 e. The lowest BCUT2D eigenvalue weighted by Crippen LogP contribution is -2.26. The van der Waals surface area contributed by atoms with Crippen LogP contribution in [0.25, 0.3) is 0 Å². The fourth-order valence-corrected chi connectivity index (χ4v) is 1.97. The Hall–Kier alpha value is -1.15. The Morgan fingerprint density at radius 1 is 1.24 bits per heavy atom. The average molecular weight is 233 g/mol. The van der Waals surface area contributed by atoms with E-state index in [2.05, 4.69) is 18.7 Å². The van der Waals surface area contributed by atoms with Crippen LogP contribution in [0, 0.1) is 6.92 Å². The maximum atomic E-state index is 12.0. The van der Waals surface area contributed by atoms with Gasteiger partial charge in [-0.2, -0.15) is 0 Å². The maximum absolute atomic E-state index is 12.0. The summed E-state index contributed by atoms with van der Waals surface area (Å²) < 4.78 is 0. The molecule has 0 bridgehead atoms. The number of rotatable bonds is 7. The molecule has 1 aromatic carbocycles. The molecular formula is C15H23NO. The first-order chi connectivity index (χ1) is 8.17. The number of carbonyl (C=O) groups is 1. The van der Waals surface area contributed by atoms with Gasteiger partial charge >= 0.3 is 0 Å². The summed E-state index contributed by atoms with van der Waals surface area (Å²) in [6, 6.07) is 7.85. The first kappa shape index (κ1) is 13.9. The Bertz CT molecular complexity index is 360. The molecule has 0 spiro atoms. The van der Waals surface area contributed by atoms with Crippen molar-refractivity contribution >= 4 is 5.78 Å². The highest BCUT2D eigenvalue weighted by molar-refractivity contribution is 5.96. The van der Waals surface area contributed by atoms with Crippen molar-refractivity contribution in [2.75, 3.05) is 19.6 Å². The summed E-state index contributed by atoms with van der Waals surface area (Å²) in [6.45, 7) is 9.31. The molecule has 94 valence electrons. The third-order valence-corrected chi connectivity index (χ3v) is 2.98. The van der Waals surface area contributed by atoms with Crippen molar-refractivity contribution in [3.05, 3.63) is 35.4 Å². The molecule has 0 heterocycles. The quantitative estimate of drug-likeness (QED) is 0.673. The number of Topliss-reactive ketones (excluding diaryl/α,β-unsaturated/α-hetero) is 1. The van der Waals surface area contributed by atoms with Crippen LogP contribution in [0.1, 0.15) is 42.6 Å². The minimum Gasteiger partial charge on any atom is -0.303 e. The molecule has 0 N–H and O–H groups in total. The molecule has 0 saturated heterocycles. The Balaban J connectivity index is 2.49. The lowest BCUT2D eigenvalue weighted by molar-refractivity contribution is 0.0965. The summed E-state index contributed by atoms with van der Waals surface area (Å²) in [5.41, 5.74) is 1.99. The summed E-state index contributed by atoms with van der Waals surface area (Å²) in [5.74, 6) is 0.253. The fraction of sp³-hybridized carbons (Fsp3) is 0.533. The molecule has 0 aliphatic heterocycles. The normalized spacial score (nSPS) is 10.8. The van der Waals surface area contributed by atoms with E-state index in [0.717, 1.165) is 37.2 Å². The Kier molecular flexibility index (Phi) is 5.92. The predicted octanol–water partition coefficient (Wildman–Crippen LogP) is 3.30. The van der Waals surface area contributed by atoms with Crippen molar-refractivity contribution in [2.24, 2.45) is 0 Å². The van der Waals surface area contributed by atoms with Crippen molar-refractivity contribution in [1.82, 2.24) is 4.90 Å². The zero-order chi connectivity index (χ0) is 12.7. The van der Waals surface area contributed by atoms with E-state index in [9.17, 15) is 4.79 Å². The number of benzene rings is 1. The van der Waals surface area contributed by atoms with Gasteiger partial charge in [0.1, 0.15) is 0 Å². The molecule has 0 radical (unpaired) electrons. The van der Waals surface area contributed by atoms with Crippen molar-refractivity contribution in [3.8, 4) is 0 Å². The van der Waals surface area contributed by atoms with Gasteiger partial charge in [-0.1, -0.05) is 37.6 Å². The minimum absolute atomic E-state index is 0.253. The lowest BCUT2D eigenvalue weighted by Gasteiger charge is -2.18. The van der Waals surface area contributed by atoms with Crippen LogP contribution < -0.4 is 0 Å². The van der Waals surface area contributed by atoms with Crippen LogP contribution in [0.5, 0.6) is 0 Å². The monoisotopic (exact) mass is 233 g/mol. The smallest absolute Gasteiger partial charge is 0.164 e. The van der Waals surface area contributed by atoms with Gasteiger partial charge in [-0.05, 0) is 32.5 Å². The highest BCUT2D eigenvalue weighted by Crippen LogP contribution is 2.07. The minimum atomic E-state index is 0.253. The van der Waals surface area contributed by atoms with Gasteiger partial charge in [-0.25, -0.2) is 0 Å². The van der Waals surface area contributed by atoms with Gasteiger partial charge in [0.05, 0.1) is 0 Å². The highest BCUT2D eigenvalue weighted by Gasteiger charge is 2.08. The summed E-state index contributed by atoms with van der Waals surface area (Å²) >= 11 is 0. The molecular weight excluding hydrogens is 210 g/mol. The van der Waals surface area contributed by atoms with Gasteiger partial charge in [-0.3, -0.25) is 4.79 Å². The lowest BCUT2D eigenvalue weighted by atomic mass is 10.1. The van der Waals surface area contributed by atoms with Gasteiger partial charge in [0.15, 0.2) is 5.78 Å². The van der Waals surface area contributed by atoms with E-state index in [1.807, 2.05) is 31.2 Å². The number of carbonyl (C=O) groups excluding carboxylic acids is 1. The van der Waals surface area contributed by atoms with E-state index in [4.69, 9.17) is 0 Å². The van der Waals surface area contributed by atoms with Crippen molar-refractivity contribution in [1.29, 1.82) is 0 Å². The molecule has 17 heavy (non-hydrogen) atoms. The van der Waals surface area contributed by atoms with E-state index in [-0.39, 0.29) is 5.78 Å². The highest BCUT2D eigenvalue weighted by atomic mass is 16.1. The van der Waals surface area contributed by atoms with Crippen LogP contribution >= 0.6 is 0 Å². The summed E-state index contributed by atoms with van der Waals surface area (Å²) in [4.78, 5) is 14.3. The molecule has 0 aliphatic rings. The molecule has 0 aromatic heterocycles. The van der Waals surface area contributed by atoms with Crippen molar-refractivity contribution in [3.63, 3.8) is 0 Å². The number of ketones is 1. The molecule has 1 aromatic rings. The van der Waals surface area contributed by atoms with E-state index in [1.54, 1.807) is 0 Å². The standard InChI is InChI=1S/C15H23NO/c1-4-10-16(5-2)11-9-15(17)14-8-6-7-13(3)12-14/h6-8,12H,4-5,9-11H2,1-3H3. The van der Waals surface area contributed by atoms with Crippen molar-refractivity contribution < 1.29 is 4.79 Å². The van der Waals surface area contributed by atoms with E-state index < -0.39 is 0 Å². The summed E-state index contributed by atoms with van der Waals surface area (Å²) in [5, 5.41) is 0. The molecule has 0 aliphatic carbocycles. The molecule has 0 atom stereocenters. The second kappa shape index (κ2) is 7.23. The van der Waals surface area contributed by atoms with Crippen molar-refractivity contribution in [2.45, 2.75) is 33.6 Å². The van der Waals surface area contributed by atoms with Crippen LogP contribution in [0.4, 0.5) is 0 Å². The predicted molar refractivity (Wildman–Crippen MR) is 72.5 cm³/mol. The van der Waals surface area contributed by atoms with Crippen LogP contribution in [0.2, 0.25) is 0 Å². The molecule has 0 fully saturated rings. The second-order valence-corrected chi connectivity index (χ2v) is 4.48. The molecule has 0 amide bonds. The van der Waals surface area contributed by atoms with E-state index in [1.165, 1.54) is 0 Å². The average Bonchev–Trinajstić information content (AvgIpc) is 2.34. The first-order valence-corrected chi connectivity index (χ1v) is 6.49. The number of nitrogens with zero attached hydrogens (tertiary/aromatic N) is 1. The van der Waals surface area contributed by atoms with Gasteiger partial charge in [0, 0.05) is 18.5 Å². The van der Waals surface area contributed by atoms with Gasteiger partial charge in [0.2, 0.25) is 0 Å². The fourth-order valence-electron chi connectivity index (χ4n) is 1.97. The third kappa shape index (κ3) is 4.70. The molecule has 2 heteroatoms. The van der Waals surface area contributed by atoms with Crippen LogP contribution in [-0.2, 0) is 0 Å². The number of hydrogen-bond donors (Lipinski definition) is 0. The number of aryl methyl sites for hydroxylation is 1. The summed E-state index contributed by atoms with van der Waals surface area (Å²) in [6.07, 6.45) is 1.77.